The Labute approximate surface area is 104 Å². The number of hydrogen-bond donors (Lipinski definition) is 2. The highest BCUT2D eigenvalue weighted by Gasteiger charge is 2.26. The van der Waals surface area contributed by atoms with Crippen molar-refractivity contribution in [3.8, 4) is 0 Å². The zero-order chi connectivity index (χ0) is 12.7. The van der Waals surface area contributed by atoms with Gasteiger partial charge in [0.1, 0.15) is 0 Å². The van der Waals surface area contributed by atoms with Crippen LogP contribution in [-0.2, 0) is 9.53 Å². The third kappa shape index (κ3) is 5.04. The lowest BCUT2D eigenvalue weighted by Crippen LogP contribution is -2.38. The SMILES string of the molecule is CCOC(C)CNC(=O)C1CCCC(CN)C1. The number of carbonyl (C=O) groups is 1. The smallest absolute Gasteiger partial charge is 0.223 e. The molecule has 0 aliphatic heterocycles. The lowest BCUT2D eigenvalue weighted by Gasteiger charge is -2.27. The van der Waals surface area contributed by atoms with Crippen LogP contribution in [0.2, 0.25) is 0 Å². The van der Waals surface area contributed by atoms with Crippen LogP contribution in [0.25, 0.3) is 0 Å². The third-order valence-corrected chi connectivity index (χ3v) is 3.50. The summed E-state index contributed by atoms with van der Waals surface area (Å²) < 4.78 is 5.39. The van der Waals surface area contributed by atoms with Crippen LogP contribution in [0, 0.1) is 11.8 Å². The molecule has 1 fully saturated rings. The molecule has 0 aromatic rings. The molecule has 0 bridgehead atoms. The number of rotatable bonds is 6. The molecule has 0 aromatic carbocycles. The minimum absolute atomic E-state index is 0.0952. The quantitative estimate of drug-likeness (QED) is 0.737. The molecular weight excluding hydrogens is 216 g/mol. The van der Waals surface area contributed by atoms with Crippen molar-refractivity contribution in [3.05, 3.63) is 0 Å². The maximum Gasteiger partial charge on any atom is 0.223 e. The first kappa shape index (κ1) is 14.5. The fourth-order valence-electron chi connectivity index (χ4n) is 2.48. The molecular formula is C13H26N2O2. The molecule has 3 N–H and O–H groups in total. The number of nitrogens with one attached hydrogen (secondary N) is 1. The first-order valence-electron chi connectivity index (χ1n) is 6.76. The average molecular weight is 242 g/mol. The monoisotopic (exact) mass is 242 g/mol. The van der Waals surface area contributed by atoms with E-state index in [-0.39, 0.29) is 17.9 Å². The molecule has 1 amide bonds. The van der Waals surface area contributed by atoms with Gasteiger partial charge in [0, 0.05) is 19.1 Å². The summed E-state index contributed by atoms with van der Waals surface area (Å²) in [5, 5.41) is 2.98. The number of amides is 1. The summed E-state index contributed by atoms with van der Waals surface area (Å²) in [6.07, 6.45) is 4.35. The van der Waals surface area contributed by atoms with Crippen LogP contribution in [0.1, 0.15) is 39.5 Å². The standard InChI is InChI=1S/C13H26N2O2/c1-3-17-10(2)9-15-13(16)12-6-4-5-11(7-12)8-14/h10-12H,3-9,14H2,1-2H3,(H,15,16). The first-order valence-corrected chi connectivity index (χ1v) is 6.76. The number of nitrogens with two attached hydrogens (primary N) is 1. The molecule has 100 valence electrons. The van der Waals surface area contributed by atoms with Crippen LogP contribution < -0.4 is 11.1 Å². The fraction of sp³-hybridized carbons (Fsp3) is 0.923. The molecule has 0 radical (unpaired) electrons. The van der Waals surface area contributed by atoms with Gasteiger partial charge in [0.2, 0.25) is 5.91 Å². The molecule has 0 spiro atoms. The molecule has 0 aromatic heterocycles. The largest absolute Gasteiger partial charge is 0.377 e. The maximum absolute atomic E-state index is 12.0. The highest BCUT2D eigenvalue weighted by Crippen LogP contribution is 2.28. The summed E-state index contributed by atoms with van der Waals surface area (Å²) in [7, 11) is 0. The first-order chi connectivity index (χ1) is 8.17. The van der Waals surface area contributed by atoms with Gasteiger partial charge in [0.25, 0.3) is 0 Å². The molecule has 1 aliphatic rings. The highest BCUT2D eigenvalue weighted by molar-refractivity contribution is 5.78. The molecule has 17 heavy (non-hydrogen) atoms. The molecule has 3 unspecified atom stereocenters. The van der Waals surface area contributed by atoms with Crippen LogP contribution in [-0.4, -0.2) is 31.7 Å². The highest BCUT2D eigenvalue weighted by atomic mass is 16.5. The molecule has 1 saturated carbocycles. The zero-order valence-corrected chi connectivity index (χ0v) is 11.1. The minimum Gasteiger partial charge on any atom is -0.377 e. The van der Waals surface area contributed by atoms with Gasteiger partial charge in [-0.15, -0.1) is 0 Å². The number of hydrogen-bond acceptors (Lipinski definition) is 3. The van der Waals surface area contributed by atoms with Crippen LogP contribution in [0.5, 0.6) is 0 Å². The second-order valence-corrected chi connectivity index (χ2v) is 4.98. The van der Waals surface area contributed by atoms with E-state index in [0.29, 0.717) is 25.6 Å². The Balaban J connectivity index is 2.27. The Bertz CT molecular complexity index is 233. The van der Waals surface area contributed by atoms with Crippen molar-refractivity contribution in [2.24, 2.45) is 17.6 Å². The van der Waals surface area contributed by atoms with Crippen molar-refractivity contribution < 1.29 is 9.53 Å². The van der Waals surface area contributed by atoms with E-state index in [1.807, 2.05) is 13.8 Å². The van der Waals surface area contributed by atoms with Crippen molar-refractivity contribution in [2.75, 3.05) is 19.7 Å². The Kier molecular flexibility index (Phi) is 6.52. The van der Waals surface area contributed by atoms with E-state index in [9.17, 15) is 4.79 Å². The van der Waals surface area contributed by atoms with Gasteiger partial charge in [-0.05, 0) is 45.6 Å². The van der Waals surface area contributed by atoms with Gasteiger partial charge in [-0.2, -0.15) is 0 Å². The summed E-state index contributed by atoms with van der Waals surface area (Å²) in [4.78, 5) is 12.0. The molecule has 1 aliphatic carbocycles. The van der Waals surface area contributed by atoms with Crippen molar-refractivity contribution in [1.29, 1.82) is 0 Å². The third-order valence-electron chi connectivity index (χ3n) is 3.50. The van der Waals surface area contributed by atoms with Crippen molar-refractivity contribution in [2.45, 2.75) is 45.6 Å². The molecule has 0 heterocycles. The van der Waals surface area contributed by atoms with Crippen molar-refractivity contribution >= 4 is 5.91 Å². The van der Waals surface area contributed by atoms with E-state index in [4.69, 9.17) is 10.5 Å². The Morgan fingerprint density at radius 1 is 1.53 bits per heavy atom. The van der Waals surface area contributed by atoms with Gasteiger partial charge in [-0.25, -0.2) is 0 Å². The summed E-state index contributed by atoms with van der Waals surface area (Å²) in [5.74, 6) is 0.865. The Hall–Kier alpha value is -0.610. The van der Waals surface area contributed by atoms with Gasteiger partial charge in [0.05, 0.1) is 6.10 Å². The predicted octanol–water partition coefficient (Wildman–Crippen LogP) is 1.29. The predicted molar refractivity (Wildman–Crippen MR) is 68.6 cm³/mol. The topological polar surface area (TPSA) is 64.3 Å². The Morgan fingerprint density at radius 3 is 2.94 bits per heavy atom. The summed E-state index contributed by atoms with van der Waals surface area (Å²) in [6, 6.07) is 0. The lowest BCUT2D eigenvalue weighted by atomic mass is 9.81. The van der Waals surface area contributed by atoms with Crippen molar-refractivity contribution in [3.63, 3.8) is 0 Å². The lowest BCUT2D eigenvalue weighted by molar-refractivity contribution is -0.127. The van der Waals surface area contributed by atoms with Gasteiger partial charge in [0.15, 0.2) is 0 Å². The molecule has 1 rings (SSSR count). The van der Waals surface area contributed by atoms with E-state index in [2.05, 4.69) is 5.32 Å². The van der Waals surface area contributed by atoms with E-state index >= 15 is 0 Å². The second kappa shape index (κ2) is 7.67. The van der Waals surface area contributed by atoms with E-state index in [0.717, 1.165) is 19.3 Å². The molecule has 4 nitrogen and oxygen atoms in total. The zero-order valence-electron chi connectivity index (χ0n) is 11.1. The Morgan fingerprint density at radius 2 is 2.29 bits per heavy atom. The van der Waals surface area contributed by atoms with Crippen LogP contribution >= 0.6 is 0 Å². The summed E-state index contributed by atoms with van der Waals surface area (Å²) >= 11 is 0. The summed E-state index contributed by atoms with van der Waals surface area (Å²) in [5.41, 5.74) is 5.68. The molecule has 3 atom stereocenters. The van der Waals surface area contributed by atoms with Crippen LogP contribution in [0.4, 0.5) is 0 Å². The van der Waals surface area contributed by atoms with Crippen LogP contribution in [0.3, 0.4) is 0 Å². The molecule has 4 heteroatoms. The van der Waals surface area contributed by atoms with Crippen molar-refractivity contribution in [1.82, 2.24) is 5.32 Å². The summed E-state index contributed by atoms with van der Waals surface area (Å²) in [6.45, 7) is 5.95. The van der Waals surface area contributed by atoms with Gasteiger partial charge < -0.3 is 15.8 Å². The van der Waals surface area contributed by atoms with E-state index < -0.39 is 0 Å². The maximum atomic E-state index is 12.0. The van der Waals surface area contributed by atoms with Gasteiger partial charge in [-0.1, -0.05) is 6.42 Å². The average Bonchev–Trinajstić information content (AvgIpc) is 2.36. The molecule has 0 saturated heterocycles. The normalized spacial score (nSPS) is 26.5. The van der Waals surface area contributed by atoms with E-state index in [1.54, 1.807) is 0 Å². The number of carbonyl (C=O) groups excluding carboxylic acids is 1. The van der Waals surface area contributed by atoms with Gasteiger partial charge in [-0.3, -0.25) is 4.79 Å². The minimum atomic E-state index is 0.0952. The second-order valence-electron chi connectivity index (χ2n) is 4.98. The van der Waals surface area contributed by atoms with Crippen LogP contribution in [0.15, 0.2) is 0 Å². The van der Waals surface area contributed by atoms with Gasteiger partial charge >= 0.3 is 0 Å². The van der Waals surface area contributed by atoms with E-state index in [1.165, 1.54) is 6.42 Å². The fourth-order valence-corrected chi connectivity index (χ4v) is 2.48. The number of ether oxygens (including phenoxy) is 1.